The highest BCUT2D eigenvalue weighted by molar-refractivity contribution is 5.97. The van der Waals surface area contributed by atoms with E-state index in [1.165, 1.54) is 7.11 Å². The summed E-state index contributed by atoms with van der Waals surface area (Å²) in [6.45, 7) is 1.13. The first-order chi connectivity index (χ1) is 8.65. The zero-order valence-corrected chi connectivity index (χ0v) is 10.6. The molecule has 1 aliphatic rings. The van der Waals surface area contributed by atoms with Crippen LogP contribution in [0.25, 0.3) is 0 Å². The second-order valence-corrected chi connectivity index (χ2v) is 4.41. The molecule has 1 saturated heterocycles. The number of hydrogen-bond acceptors (Lipinski definition) is 4. The van der Waals surface area contributed by atoms with Crippen molar-refractivity contribution in [2.45, 2.75) is 12.1 Å². The molecular weight excluding hydrogens is 232 g/mol. The van der Waals surface area contributed by atoms with Crippen molar-refractivity contribution in [2.24, 2.45) is 0 Å². The van der Waals surface area contributed by atoms with E-state index < -0.39 is 6.10 Å². The van der Waals surface area contributed by atoms with Gasteiger partial charge in [-0.3, -0.25) is 4.79 Å². The smallest absolute Gasteiger partial charge is 0.257 e. The first kappa shape index (κ1) is 12.9. The van der Waals surface area contributed by atoms with E-state index in [4.69, 9.17) is 4.74 Å². The Hall–Kier alpha value is -1.59. The molecule has 2 N–H and O–H groups in total. The van der Waals surface area contributed by atoms with Crippen LogP contribution >= 0.6 is 0 Å². The number of benzene rings is 1. The molecule has 0 spiro atoms. The van der Waals surface area contributed by atoms with Crippen molar-refractivity contribution < 1.29 is 14.6 Å². The number of aliphatic hydroxyl groups is 1. The molecule has 0 saturated carbocycles. The molecule has 18 heavy (non-hydrogen) atoms. The van der Waals surface area contributed by atoms with E-state index in [0.717, 1.165) is 0 Å². The van der Waals surface area contributed by atoms with Gasteiger partial charge in [-0.15, -0.1) is 0 Å². The van der Waals surface area contributed by atoms with Gasteiger partial charge in [-0.1, -0.05) is 12.1 Å². The van der Waals surface area contributed by atoms with Crippen molar-refractivity contribution >= 4 is 5.91 Å². The van der Waals surface area contributed by atoms with Crippen LogP contribution in [0.15, 0.2) is 24.3 Å². The van der Waals surface area contributed by atoms with Gasteiger partial charge in [0.15, 0.2) is 0 Å². The summed E-state index contributed by atoms with van der Waals surface area (Å²) in [6.07, 6.45) is -0.520. The van der Waals surface area contributed by atoms with Gasteiger partial charge in [-0.2, -0.15) is 0 Å². The Balaban J connectivity index is 2.20. The minimum atomic E-state index is -0.520. The number of nitrogens with one attached hydrogen (secondary N) is 1. The number of nitrogens with zero attached hydrogens (tertiary/aromatic N) is 1. The zero-order valence-electron chi connectivity index (χ0n) is 10.6. The van der Waals surface area contributed by atoms with Crippen LogP contribution in [-0.4, -0.2) is 55.3 Å². The summed E-state index contributed by atoms with van der Waals surface area (Å²) in [4.78, 5) is 13.9. The second kappa shape index (κ2) is 5.37. The number of likely N-dealkylation sites (N-methyl/N-ethyl adjacent to an activating group) is 1. The standard InChI is InChI=1S/C13H18N2O3/c1-15(10-7-14-8-11(10)16)13(17)9-5-3-4-6-12(9)18-2/h3-6,10-11,14,16H,7-8H2,1-2H3/t10-,11-/m1/s1. The molecule has 1 amide bonds. The van der Waals surface area contributed by atoms with Crippen molar-refractivity contribution in [2.75, 3.05) is 27.2 Å². The third-order valence-electron chi connectivity index (χ3n) is 3.31. The highest BCUT2D eigenvalue weighted by Gasteiger charge is 2.32. The molecule has 1 aromatic carbocycles. The quantitative estimate of drug-likeness (QED) is 0.798. The van der Waals surface area contributed by atoms with Gasteiger partial charge in [-0.05, 0) is 12.1 Å². The lowest BCUT2D eigenvalue weighted by Crippen LogP contribution is -2.44. The number of β-amino-alcohol motifs (C(OH)–C–C–N with tert-alkyl or cyclic N) is 1. The lowest BCUT2D eigenvalue weighted by atomic mass is 10.1. The monoisotopic (exact) mass is 250 g/mol. The minimum Gasteiger partial charge on any atom is -0.496 e. The summed E-state index contributed by atoms with van der Waals surface area (Å²) in [5, 5.41) is 12.9. The summed E-state index contributed by atoms with van der Waals surface area (Å²) in [5.41, 5.74) is 0.515. The van der Waals surface area contributed by atoms with Crippen LogP contribution in [-0.2, 0) is 0 Å². The van der Waals surface area contributed by atoms with Gasteiger partial charge in [0.05, 0.1) is 24.8 Å². The van der Waals surface area contributed by atoms with Crippen molar-refractivity contribution in [1.82, 2.24) is 10.2 Å². The fourth-order valence-corrected chi connectivity index (χ4v) is 2.21. The number of hydrogen-bond donors (Lipinski definition) is 2. The van der Waals surface area contributed by atoms with Gasteiger partial charge in [0.1, 0.15) is 5.75 Å². The number of rotatable bonds is 3. The number of methoxy groups -OCH3 is 1. The molecular formula is C13H18N2O3. The summed E-state index contributed by atoms with van der Waals surface area (Å²) in [7, 11) is 3.24. The Kier molecular flexibility index (Phi) is 3.84. The average molecular weight is 250 g/mol. The van der Waals surface area contributed by atoms with E-state index in [2.05, 4.69) is 5.32 Å². The van der Waals surface area contributed by atoms with Crippen molar-refractivity contribution in [1.29, 1.82) is 0 Å². The van der Waals surface area contributed by atoms with Crippen LogP contribution in [0.4, 0.5) is 0 Å². The molecule has 0 unspecified atom stereocenters. The number of para-hydroxylation sites is 1. The van der Waals surface area contributed by atoms with Gasteiger partial charge >= 0.3 is 0 Å². The Morgan fingerprint density at radius 1 is 1.44 bits per heavy atom. The van der Waals surface area contributed by atoms with Crippen LogP contribution in [0.1, 0.15) is 10.4 Å². The second-order valence-electron chi connectivity index (χ2n) is 4.41. The molecule has 0 aromatic heterocycles. The van der Waals surface area contributed by atoms with Crippen molar-refractivity contribution in [3.63, 3.8) is 0 Å². The molecule has 5 heteroatoms. The summed E-state index contributed by atoms with van der Waals surface area (Å²) >= 11 is 0. The first-order valence-electron chi connectivity index (χ1n) is 5.94. The maximum atomic E-state index is 12.4. The van der Waals surface area contributed by atoms with Crippen LogP contribution in [0.2, 0.25) is 0 Å². The highest BCUT2D eigenvalue weighted by atomic mass is 16.5. The van der Waals surface area contributed by atoms with Gasteiger partial charge in [0, 0.05) is 20.1 Å². The van der Waals surface area contributed by atoms with Gasteiger partial charge in [-0.25, -0.2) is 0 Å². The highest BCUT2D eigenvalue weighted by Crippen LogP contribution is 2.20. The average Bonchev–Trinajstić information content (AvgIpc) is 2.83. The molecule has 2 rings (SSSR count). The Morgan fingerprint density at radius 2 is 2.17 bits per heavy atom. The van der Waals surface area contributed by atoms with Crippen molar-refractivity contribution in [3.05, 3.63) is 29.8 Å². The van der Waals surface area contributed by atoms with Crippen LogP contribution in [0.5, 0.6) is 5.75 Å². The Morgan fingerprint density at radius 3 is 2.78 bits per heavy atom. The number of amides is 1. The Bertz CT molecular complexity index is 436. The molecule has 1 heterocycles. The molecule has 1 aromatic rings. The predicted octanol–water partition coefficient (Wildman–Crippen LogP) is 0.0999. The zero-order chi connectivity index (χ0) is 13.1. The third-order valence-corrected chi connectivity index (χ3v) is 3.31. The molecule has 98 valence electrons. The Labute approximate surface area is 106 Å². The molecule has 2 atom stereocenters. The maximum Gasteiger partial charge on any atom is 0.257 e. The molecule has 5 nitrogen and oxygen atoms in total. The van der Waals surface area contributed by atoms with Crippen molar-refractivity contribution in [3.8, 4) is 5.75 Å². The van der Waals surface area contributed by atoms with Crippen LogP contribution in [0, 0.1) is 0 Å². The molecule has 1 aliphatic heterocycles. The van der Waals surface area contributed by atoms with E-state index in [0.29, 0.717) is 24.4 Å². The SMILES string of the molecule is COc1ccccc1C(=O)N(C)[C@@H]1CNC[C@H]1O. The number of ether oxygens (including phenoxy) is 1. The molecule has 0 bridgehead atoms. The predicted molar refractivity (Wildman–Crippen MR) is 67.8 cm³/mol. The van der Waals surface area contributed by atoms with E-state index >= 15 is 0 Å². The van der Waals surface area contributed by atoms with E-state index in [-0.39, 0.29) is 11.9 Å². The van der Waals surface area contributed by atoms with E-state index in [1.807, 2.05) is 6.07 Å². The lowest BCUT2D eigenvalue weighted by molar-refractivity contribution is 0.0578. The van der Waals surface area contributed by atoms with Crippen LogP contribution in [0.3, 0.4) is 0 Å². The van der Waals surface area contributed by atoms with E-state index in [9.17, 15) is 9.90 Å². The molecule has 0 radical (unpaired) electrons. The normalized spacial score (nSPS) is 22.8. The first-order valence-corrected chi connectivity index (χ1v) is 5.94. The fraction of sp³-hybridized carbons (Fsp3) is 0.462. The number of carbonyl (C=O) groups excluding carboxylic acids is 1. The number of carbonyl (C=O) groups is 1. The molecule has 1 fully saturated rings. The van der Waals surface area contributed by atoms with Gasteiger partial charge < -0.3 is 20.1 Å². The van der Waals surface area contributed by atoms with Gasteiger partial charge in [0.2, 0.25) is 0 Å². The summed E-state index contributed by atoms with van der Waals surface area (Å²) in [5.74, 6) is 0.412. The third kappa shape index (κ3) is 2.32. The molecule has 0 aliphatic carbocycles. The van der Waals surface area contributed by atoms with Crippen LogP contribution < -0.4 is 10.1 Å². The number of aliphatic hydroxyl groups excluding tert-OH is 1. The largest absolute Gasteiger partial charge is 0.496 e. The topological polar surface area (TPSA) is 61.8 Å². The summed E-state index contributed by atoms with van der Waals surface area (Å²) in [6, 6.07) is 6.91. The van der Waals surface area contributed by atoms with Gasteiger partial charge in [0.25, 0.3) is 5.91 Å². The van der Waals surface area contributed by atoms with E-state index in [1.54, 1.807) is 30.1 Å². The minimum absolute atomic E-state index is 0.139. The fourth-order valence-electron chi connectivity index (χ4n) is 2.21. The summed E-state index contributed by atoms with van der Waals surface area (Å²) < 4.78 is 5.18. The maximum absolute atomic E-state index is 12.4. The lowest BCUT2D eigenvalue weighted by Gasteiger charge is -2.27.